The number of hydrogen-bond acceptors (Lipinski definition) is 4. The summed E-state index contributed by atoms with van der Waals surface area (Å²) in [5.41, 5.74) is 0.915. The molecule has 0 aliphatic carbocycles. The molecular weight excluding hydrogens is 353 g/mol. The fourth-order valence-corrected chi connectivity index (χ4v) is 3.02. The molecule has 0 bridgehead atoms. The van der Waals surface area contributed by atoms with Crippen molar-refractivity contribution < 1.29 is 9.59 Å². The lowest BCUT2D eigenvalue weighted by Gasteiger charge is -2.39. The number of likely N-dealkylation sites (tertiary alicyclic amines) is 1. The van der Waals surface area contributed by atoms with E-state index in [9.17, 15) is 9.59 Å². The summed E-state index contributed by atoms with van der Waals surface area (Å²) < 4.78 is 1.70. The maximum atomic E-state index is 12.8. The summed E-state index contributed by atoms with van der Waals surface area (Å²) in [7, 11) is 7.29. The predicted octanol–water partition coefficient (Wildman–Crippen LogP) is 0.851. The Morgan fingerprint density at radius 3 is 2.62 bits per heavy atom. The van der Waals surface area contributed by atoms with E-state index in [2.05, 4.69) is 10.4 Å². The van der Waals surface area contributed by atoms with Crippen LogP contribution in [0.5, 0.6) is 0 Å². The Morgan fingerprint density at radius 2 is 2.08 bits per heavy atom. The molecular formula is C15H27Cl2N5O2. The third-order valence-corrected chi connectivity index (χ3v) is 4.32. The molecule has 2 rings (SSSR count). The van der Waals surface area contributed by atoms with Gasteiger partial charge in [0.15, 0.2) is 0 Å². The number of aryl methyl sites for hydroxylation is 1. The second-order valence-corrected chi connectivity index (χ2v) is 5.91. The lowest BCUT2D eigenvalue weighted by Crippen LogP contribution is -2.47. The molecule has 1 fully saturated rings. The van der Waals surface area contributed by atoms with Gasteiger partial charge in [0.05, 0.1) is 18.2 Å². The van der Waals surface area contributed by atoms with Crippen LogP contribution in [0.3, 0.4) is 0 Å². The van der Waals surface area contributed by atoms with Gasteiger partial charge < -0.3 is 15.1 Å². The van der Waals surface area contributed by atoms with Crippen LogP contribution >= 0.6 is 24.8 Å². The Balaban J connectivity index is 0.00000264. The van der Waals surface area contributed by atoms with Gasteiger partial charge in [-0.2, -0.15) is 5.10 Å². The van der Waals surface area contributed by atoms with Crippen molar-refractivity contribution in [1.82, 2.24) is 24.9 Å². The number of halogens is 2. The Kier molecular flexibility index (Phi) is 9.32. The van der Waals surface area contributed by atoms with Crippen molar-refractivity contribution in [3.63, 3.8) is 0 Å². The smallest absolute Gasteiger partial charge is 0.227 e. The van der Waals surface area contributed by atoms with Crippen molar-refractivity contribution in [2.45, 2.75) is 18.9 Å². The van der Waals surface area contributed by atoms with E-state index in [-0.39, 0.29) is 48.6 Å². The summed E-state index contributed by atoms with van der Waals surface area (Å²) in [5.74, 6) is -0.0482. The summed E-state index contributed by atoms with van der Waals surface area (Å²) in [4.78, 5) is 28.3. The van der Waals surface area contributed by atoms with Crippen LogP contribution in [0.25, 0.3) is 0 Å². The second-order valence-electron chi connectivity index (χ2n) is 5.91. The first-order valence-electron chi connectivity index (χ1n) is 7.59. The number of piperidine rings is 1. The first-order valence-corrected chi connectivity index (χ1v) is 7.59. The van der Waals surface area contributed by atoms with E-state index in [0.29, 0.717) is 19.4 Å². The number of amides is 2. The maximum Gasteiger partial charge on any atom is 0.227 e. The molecule has 1 aromatic rings. The van der Waals surface area contributed by atoms with Crippen LogP contribution in [0.2, 0.25) is 0 Å². The van der Waals surface area contributed by atoms with Crippen molar-refractivity contribution in [2.75, 3.05) is 34.2 Å². The largest absolute Gasteiger partial charge is 0.344 e. The first-order chi connectivity index (χ1) is 10.5. The maximum absolute atomic E-state index is 12.8. The number of nitrogens with one attached hydrogen (secondary N) is 1. The van der Waals surface area contributed by atoms with Crippen LogP contribution in [0.15, 0.2) is 12.4 Å². The number of hydrogen-bond donors (Lipinski definition) is 1. The molecule has 0 saturated carbocycles. The quantitative estimate of drug-likeness (QED) is 0.823. The number of nitrogens with zero attached hydrogens (tertiary/aromatic N) is 4. The van der Waals surface area contributed by atoms with Crippen LogP contribution in [-0.4, -0.2) is 65.6 Å². The van der Waals surface area contributed by atoms with Gasteiger partial charge in [0, 0.05) is 52.4 Å². The van der Waals surface area contributed by atoms with Gasteiger partial charge in [-0.15, -0.1) is 24.8 Å². The highest BCUT2D eigenvalue weighted by atomic mass is 35.5. The molecule has 7 nitrogen and oxygen atoms in total. The highest BCUT2D eigenvalue weighted by molar-refractivity contribution is 5.86. The zero-order valence-electron chi connectivity index (χ0n) is 14.6. The second kappa shape index (κ2) is 9.86. The van der Waals surface area contributed by atoms with Gasteiger partial charge in [0.1, 0.15) is 0 Å². The lowest BCUT2D eigenvalue weighted by molar-refractivity contribution is -0.145. The summed E-state index contributed by atoms with van der Waals surface area (Å²) in [5, 5.41) is 7.23. The van der Waals surface area contributed by atoms with Crippen molar-refractivity contribution in [3.05, 3.63) is 18.0 Å². The average Bonchev–Trinajstić information content (AvgIpc) is 2.92. The minimum Gasteiger partial charge on any atom is -0.344 e. The van der Waals surface area contributed by atoms with Crippen LogP contribution in [0.1, 0.15) is 24.4 Å². The van der Waals surface area contributed by atoms with Gasteiger partial charge in [-0.25, -0.2) is 0 Å². The van der Waals surface area contributed by atoms with Crippen LogP contribution in [-0.2, 0) is 16.6 Å². The minimum absolute atomic E-state index is 0. The highest BCUT2D eigenvalue weighted by Gasteiger charge is 2.40. The van der Waals surface area contributed by atoms with Crippen LogP contribution in [0.4, 0.5) is 0 Å². The van der Waals surface area contributed by atoms with Gasteiger partial charge >= 0.3 is 0 Å². The molecule has 1 aliphatic heterocycles. The van der Waals surface area contributed by atoms with E-state index in [4.69, 9.17) is 0 Å². The number of likely N-dealkylation sites (N-methyl/N-ethyl adjacent to an activating group) is 2. The van der Waals surface area contributed by atoms with E-state index in [1.807, 2.05) is 27.3 Å². The van der Waals surface area contributed by atoms with Gasteiger partial charge in [0.25, 0.3) is 0 Å². The summed E-state index contributed by atoms with van der Waals surface area (Å²) >= 11 is 0. The van der Waals surface area contributed by atoms with Crippen LogP contribution in [0, 0.1) is 5.92 Å². The van der Waals surface area contributed by atoms with Crippen molar-refractivity contribution in [2.24, 2.45) is 13.0 Å². The SMILES string of the molecule is CNCCN(C)C(=O)C1CCC(=O)N(C)C1c1cnn(C)c1.Cl.Cl. The van der Waals surface area contributed by atoms with Gasteiger partial charge in [-0.05, 0) is 13.5 Å². The Morgan fingerprint density at radius 1 is 1.42 bits per heavy atom. The zero-order chi connectivity index (χ0) is 16.3. The van der Waals surface area contributed by atoms with Gasteiger partial charge in [0.2, 0.25) is 11.8 Å². The molecule has 138 valence electrons. The Labute approximate surface area is 155 Å². The molecule has 1 saturated heterocycles. The third kappa shape index (κ3) is 4.84. The average molecular weight is 380 g/mol. The summed E-state index contributed by atoms with van der Waals surface area (Å²) in [6.45, 7) is 1.41. The van der Waals surface area contributed by atoms with E-state index in [1.54, 1.807) is 27.7 Å². The number of carbonyl (C=O) groups is 2. The molecule has 9 heteroatoms. The fraction of sp³-hybridized carbons (Fsp3) is 0.667. The van der Waals surface area contributed by atoms with E-state index >= 15 is 0 Å². The van der Waals surface area contributed by atoms with E-state index in [1.165, 1.54) is 0 Å². The van der Waals surface area contributed by atoms with Gasteiger partial charge in [-0.1, -0.05) is 0 Å². The monoisotopic (exact) mass is 379 g/mol. The van der Waals surface area contributed by atoms with Crippen LogP contribution < -0.4 is 5.32 Å². The molecule has 24 heavy (non-hydrogen) atoms. The van der Waals surface area contributed by atoms with E-state index < -0.39 is 0 Å². The molecule has 0 radical (unpaired) electrons. The lowest BCUT2D eigenvalue weighted by atomic mass is 9.84. The molecule has 2 amide bonds. The third-order valence-electron chi connectivity index (χ3n) is 4.32. The zero-order valence-corrected chi connectivity index (χ0v) is 16.2. The van der Waals surface area contributed by atoms with Crippen molar-refractivity contribution in [3.8, 4) is 0 Å². The van der Waals surface area contributed by atoms with Crippen molar-refractivity contribution >= 4 is 36.6 Å². The molecule has 1 N–H and O–H groups in total. The number of rotatable bonds is 5. The summed E-state index contributed by atoms with van der Waals surface area (Å²) in [6.07, 6.45) is 4.64. The number of carbonyl (C=O) groups excluding carboxylic acids is 2. The van der Waals surface area contributed by atoms with Crippen molar-refractivity contribution in [1.29, 1.82) is 0 Å². The fourth-order valence-electron chi connectivity index (χ4n) is 3.02. The number of aromatic nitrogens is 2. The Hall–Kier alpha value is -1.31. The standard InChI is InChI=1S/C15H25N5O2.2ClH/c1-16-7-8-18(2)15(22)12-5-6-13(21)20(4)14(12)11-9-17-19(3)10-11;;/h9-10,12,14,16H,5-8H2,1-4H3;2*1H. The molecule has 2 atom stereocenters. The topological polar surface area (TPSA) is 70.5 Å². The minimum atomic E-state index is -0.237. The van der Waals surface area contributed by atoms with Gasteiger partial charge in [-0.3, -0.25) is 14.3 Å². The molecule has 2 unspecified atom stereocenters. The molecule has 1 aromatic heterocycles. The Bertz CT molecular complexity index is 552. The normalized spacial score (nSPS) is 20.2. The highest BCUT2D eigenvalue weighted by Crippen LogP contribution is 2.36. The molecule has 2 heterocycles. The van der Waals surface area contributed by atoms with E-state index in [0.717, 1.165) is 12.1 Å². The predicted molar refractivity (Wildman–Crippen MR) is 97.5 cm³/mol. The molecule has 0 aromatic carbocycles. The summed E-state index contributed by atoms with van der Waals surface area (Å²) in [6, 6.07) is -0.237. The molecule has 1 aliphatic rings. The first kappa shape index (κ1) is 22.7. The molecule has 0 spiro atoms.